The van der Waals surface area contributed by atoms with Gasteiger partial charge < -0.3 is 10.1 Å². The molecule has 142 valence electrons. The zero-order chi connectivity index (χ0) is 17.9. The highest BCUT2D eigenvalue weighted by Crippen LogP contribution is 2.22. The van der Waals surface area contributed by atoms with Crippen LogP contribution in [0.4, 0.5) is 4.79 Å². The minimum absolute atomic E-state index is 0.00730. The van der Waals surface area contributed by atoms with E-state index >= 15 is 0 Å². The molecule has 1 fully saturated rings. The van der Waals surface area contributed by atoms with Gasteiger partial charge in [-0.2, -0.15) is 0 Å². The average molecular weight is 362 g/mol. The number of alkyl carbamates (subject to hydrolysis) is 1. The van der Waals surface area contributed by atoms with E-state index in [4.69, 9.17) is 4.74 Å². The predicted octanol–water partition coefficient (Wildman–Crippen LogP) is 4.21. The fourth-order valence-electron chi connectivity index (χ4n) is 3.15. The molecule has 0 saturated carbocycles. The number of carbonyl (C=O) groups excluding carboxylic acids is 1. The van der Waals surface area contributed by atoms with Crippen LogP contribution in [0.5, 0.6) is 0 Å². The Bertz CT molecular complexity index is 464. The molecule has 6 heteroatoms. The van der Waals surface area contributed by atoms with Crippen molar-refractivity contribution in [3.05, 3.63) is 0 Å². The zero-order valence-corrected chi connectivity index (χ0v) is 16.3. The third-order valence-electron chi connectivity index (χ3n) is 4.64. The van der Waals surface area contributed by atoms with E-state index in [0.29, 0.717) is 13.0 Å². The lowest BCUT2D eigenvalue weighted by Gasteiger charge is -2.23. The molecule has 0 unspecified atom stereocenters. The zero-order valence-electron chi connectivity index (χ0n) is 15.4. The van der Waals surface area contributed by atoms with E-state index in [-0.39, 0.29) is 11.5 Å². The normalized spacial score (nSPS) is 22.4. The van der Waals surface area contributed by atoms with Crippen molar-refractivity contribution >= 4 is 15.9 Å². The van der Waals surface area contributed by atoms with Gasteiger partial charge in [-0.25, -0.2) is 13.2 Å². The van der Waals surface area contributed by atoms with E-state index in [2.05, 4.69) is 12.2 Å². The minimum atomic E-state index is -3.02. The number of amides is 1. The molecular formula is C18H35NO4S. The van der Waals surface area contributed by atoms with Gasteiger partial charge in [-0.05, 0) is 19.8 Å². The quantitative estimate of drug-likeness (QED) is 0.529. The summed E-state index contributed by atoms with van der Waals surface area (Å²) in [4.78, 5) is 11.7. The van der Waals surface area contributed by atoms with Crippen LogP contribution in [0, 0.1) is 0 Å². The van der Waals surface area contributed by atoms with Gasteiger partial charge >= 0.3 is 6.09 Å². The molecule has 0 aromatic carbocycles. The second-order valence-electron chi connectivity index (χ2n) is 7.35. The third kappa shape index (κ3) is 9.50. The molecule has 24 heavy (non-hydrogen) atoms. The summed E-state index contributed by atoms with van der Waals surface area (Å²) in [5.41, 5.74) is -0.673. The van der Waals surface area contributed by atoms with Crippen molar-refractivity contribution < 1.29 is 17.9 Å². The number of rotatable bonds is 12. The van der Waals surface area contributed by atoms with Crippen molar-refractivity contribution in [3.63, 3.8) is 0 Å². The van der Waals surface area contributed by atoms with E-state index in [1.807, 2.05) is 0 Å². The van der Waals surface area contributed by atoms with Gasteiger partial charge in [-0.3, -0.25) is 0 Å². The molecule has 1 amide bonds. The van der Waals surface area contributed by atoms with Gasteiger partial charge in [0.05, 0.1) is 23.7 Å². The van der Waals surface area contributed by atoms with Crippen LogP contribution in [0.1, 0.15) is 84.5 Å². The maximum Gasteiger partial charge on any atom is 0.407 e. The van der Waals surface area contributed by atoms with Gasteiger partial charge in [0.2, 0.25) is 0 Å². The molecule has 1 heterocycles. The van der Waals surface area contributed by atoms with Crippen molar-refractivity contribution in [2.75, 3.05) is 18.1 Å². The molecule has 0 aliphatic carbocycles. The molecule has 0 aromatic heterocycles. The summed E-state index contributed by atoms with van der Waals surface area (Å²) < 4.78 is 28.2. The first-order valence-electron chi connectivity index (χ1n) is 9.52. The summed E-state index contributed by atoms with van der Waals surface area (Å²) in [7, 11) is -3.02. The van der Waals surface area contributed by atoms with Gasteiger partial charge in [0.1, 0.15) is 0 Å². The number of ether oxygens (including phenoxy) is 1. The summed E-state index contributed by atoms with van der Waals surface area (Å²) in [6.07, 6.45) is 12.4. The number of hydrogen-bond acceptors (Lipinski definition) is 4. The standard InChI is InChI=1S/C18H35NO4S/c1-3-4-5-6-7-8-9-10-11-12-14-23-17(20)19-18(2)13-15-24(21,22)16-18/h3-16H2,1-2H3,(H,19,20)/t18-/m1/s1. The molecule has 0 spiro atoms. The Hall–Kier alpha value is -0.780. The highest BCUT2D eigenvalue weighted by atomic mass is 32.2. The SMILES string of the molecule is CCCCCCCCCCCCOC(=O)N[C@]1(C)CCS(=O)(=O)C1. The molecule has 1 aliphatic rings. The number of unbranched alkanes of at least 4 members (excludes halogenated alkanes) is 9. The molecule has 1 atom stereocenters. The third-order valence-corrected chi connectivity index (χ3v) is 6.54. The Labute approximate surface area is 147 Å². The van der Waals surface area contributed by atoms with E-state index < -0.39 is 21.5 Å². The van der Waals surface area contributed by atoms with E-state index in [1.165, 1.54) is 51.4 Å². The molecule has 0 bridgehead atoms. The topological polar surface area (TPSA) is 72.5 Å². The molecule has 5 nitrogen and oxygen atoms in total. The average Bonchev–Trinajstić information content (AvgIpc) is 2.78. The summed E-state index contributed by atoms with van der Waals surface area (Å²) in [5, 5.41) is 2.71. The van der Waals surface area contributed by atoms with Crippen molar-refractivity contribution in [2.24, 2.45) is 0 Å². The maximum absolute atomic E-state index is 11.7. The Balaban J connectivity index is 1.95. The fourth-order valence-corrected chi connectivity index (χ4v) is 5.24. The van der Waals surface area contributed by atoms with Crippen LogP contribution >= 0.6 is 0 Å². The van der Waals surface area contributed by atoms with Crippen LogP contribution in [0.15, 0.2) is 0 Å². The molecule has 1 saturated heterocycles. The lowest BCUT2D eigenvalue weighted by molar-refractivity contribution is 0.134. The van der Waals surface area contributed by atoms with Gasteiger partial charge in [0.25, 0.3) is 0 Å². The van der Waals surface area contributed by atoms with Gasteiger partial charge in [0.15, 0.2) is 9.84 Å². The molecule has 1 rings (SSSR count). The largest absolute Gasteiger partial charge is 0.450 e. The van der Waals surface area contributed by atoms with Crippen LogP contribution < -0.4 is 5.32 Å². The van der Waals surface area contributed by atoms with Crippen LogP contribution in [-0.2, 0) is 14.6 Å². The summed E-state index contributed by atoms with van der Waals surface area (Å²) >= 11 is 0. The van der Waals surface area contributed by atoms with Crippen LogP contribution in [0.3, 0.4) is 0 Å². The highest BCUT2D eigenvalue weighted by molar-refractivity contribution is 7.91. The van der Waals surface area contributed by atoms with E-state index in [1.54, 1.807) is 6.92 Å². The second-order valence-corrected chi connectivity index (χ2v) is 9.53. The smallest absolute Gasteiger partial charge is 0.407 e. The first kappa shape index (κ1) is 21.3. The number of nitrogens with one attached hydrogen (secondary N) is 1. The lowest BCUT2D eigenvalue weighted by atomic mass is 10.0. The van der Waals surface area contributed by atoms with E-state index in [9.17, 15) is 13.2 Å². The van der Waals surface area contributed by atoms with Crippen molar-refractivity contribution in [1.82, 2.24) is 5.32 Å². The van der Waals surface area contributed by atoms with Gasteiger partial charge in [-0.15, -0.1) is 0 Å². The monoisotopic (exact) mass is 361 g/mol. The Kier molecular flexibility index (Phi) is 9.71. The summed E-state index contributed by atoms with van der Waals surface area (Å²) in [6.45, 7) is 4.41. The summed E-state index contributed by atoms with van der Waals surface area (Å²) in [5.74, 6) is 0.148. The Morgan fingerprint density at radius 3 is 2.04 bits per heavy atom. The maximum atomic E-state index is 11.7. The van der Waals surface area contributed by atoms with Crippen molar-refractivity contribution in [1.29, 1.82) is 0 Å². The fraction of sp³-hybridized carbons (Fsp3) is 0.944. The van der Waals surface area contributed by atoms with E-state index in [0.717, 1.165) is 12.8 Å². The van der Waals surface area contributed by atoms with Crippen molar-refractivity contribution in [3.8, 4) is 0 Å². The molecule has 1 N–H and O–H groups in total. The summed E-state index contributed by atoms with van der Waals surface area (Å²) in [6, 6.07) is 0. The molecule has 1 aliphatic heterocycles. The minimum Gasteiger partial charge on any atom is -0.450 e. The Morgan fingerprint density at radius 2 is 1.54 bits per heavy atom. The predicted molar refractivity (Wildman–Crippen MR) is 98.0 cm³/mol. The van der Waals surface area contributed by atoms with Gasteiger partial charge in [0, 0.05) is 0 Å². The molecule has 0 aromatic rings. The van der Waals surface area contributed by atoms with Crippen LogP contribution in [0.25, 0.3) is 0 Å². The first-order valence-corrected chi connectivity index (χ1v) is 11.3. The highest BCUT2D eigenvalue weighted by Gasteiger charge is 2.39. The van der Waals surface area contributed by atoms with Crippen molar-refractivity contribution in [2.45, 2.75) is 90.0 Å². The first-order chi connectivity index (χ1) is 11.4. The molecular weight excluding hydrogens is 326 g/mol. The van der Waals surface area contributed by atoms with Crippen LogP contribution in [-0.4, -0.2) is 38.2 Å². The number of carbonyl (C=O) groups is 1. The lowest BCUT2D eigenvalue weighted by Crippen LogP contribution is -2.47. The Morgan fingerprint density at radius 1 is 1.00 bits per heavy atom. The molecule has 0 radical (unpaired) electrons. The second kappa shape index (κ2) is 11.0. The number of sulfone groups is 1. The number of hydrogen-bond donors (Lipinski definition) is 1. The van der Waals surface area contributed by atoms with Gasteiger partial charge in [-0.1, -0.05) is 64.7 Å². The van der Waals surface area contributed by atoms with Crippen LogP contribution in [0.2, 0.25) is 0 Å².